The molecule has 4 nitrogen and oxygen atoms in total. The SMILES string of the molecule is CC(=O)c1c(C)c(N=O)c(C)c(C)c1O. The van der Waals surface area contributed by atoms with Gasteiger partial charge in [-0.3, -0.25) is 4.79 Å². The third kappa shape index (κ3) is 1.63. The fraction of sp³-hybridized carbons (Fsp3) is 0.364. The van der Waals surface area contributed by atoms with Crippen molar-refractivity contribution < 1.29 is 9.90 Å². The van der Waals surface area contributed by atoms with Crippen molar-refractivity contribution in [3.63, 3.8) is 0 Å². The van der Waals surface area contributed by atoms with Gasteiger partial charge in [0.2, 0.25) is 0 Å². The van der Waals surface area contributed by atoms with Crippen LogP contribution in [-0.4, -0.2) is 10.9 Å². The number of phenols is 1. The molecule has 1 rings (SSSR count). The molecule has 0 heterocycles. The van der Waals surface area contributed by atoms with Gasteiger partial charge in [-0.05, 0) is 49.6 Å². The number of nitrogens with zero attached hydrogens (tertiary/aromatic N) is 1. The van der Waals surface area contributed by atoms with E-state index in [1.807, 2.05) is 0 Å². The molecule has 0 amide bonds. The standard InChI is InChI=1S/C11H13NO3/c1-5-6(2)11(14)9(8(4)13)7(3)10(5)12-15/h14H,1-4H3. The normalized spacial score (nSPS) is 10.1. The molecule has 0 atom stereocenters. The van der Waals surface area contributed by atoms with Gasteiger partial charge in [0.1, 0.15) is 11.4 Å². The average Bonchev–Trinajstić information content (AvgIpc) is 2.15. The smallest absolute Gasteiger partial charge is 0.163 e. The van der Waals surface area contributed by atoms with Crippen LogP contribution in [0, 0.1) is 25.7 Å². The maximum absolute atomic E-state index is 11.3. The molecule has 15 heavy (non-hydrogen) atoms. The third-order valence-electron chi connectivity index (χ3n) is 2.68. The molecular formula is C11H13NO3. The lowest BCUT2D eigenvalue weighted by Crippen LogP contribution is -2.01. The van der Waals surface area contributed by atoms with Crippen LogP contribution in [0.5, 0.6) is 5.75 Å². The Morgan fingerprint density at radius 2 is 1.67 bits per heavy atom. The van der Waals surface area contributed by atoms with Gasteiger partial charge in [-0.2, -0.15) is 0 Å². The quantitative estimate of drug-likeness (QED) is 0.598. The minimum Gasteiger partial charge on any atom is -0.507 e. The Kier molecular flexibility index (Phi) is 2.88. The first-order valence-corrected chi connectivity index (χ1v) is 4.58. The monoisotopic (exact) mass is 207 g/mol. The zero-order valence-corrected chi connectivity index (χ0v) is 9.21. The van der Waals surface area contributed by atoms with E-state index in [-0.39, 0.29) is 22.8 Å². The van der Waals surface area contributed by atoms with E-state index in [9.17, 15) is 14.8 Å². The number of ketones is 1. The van der Waals surface area contributed by atoms with Crippen LogP contribution in [0.15, 0.2) is 5.18 Å². The van der Waals surface area contributed by atoms with Gasteiger partial charge < -0.3 is 5.11 Å². The van der Waals surface area contributed by atoms with Crippen LogP contribution in [-0.2, 0) is 0 Å². The van der Waals surface area contributed by atoms with E-state index in [1.165, 1.54) is 6.92 Å². The number of hydrogen-bond donors (Lipinski definition) is 1. The number of carbonyl (C=O) groups is 1. The highest BCUT2D eigenvalue weighted by molar-refractivity contribution is 6.00. The molecule has 1 aromatic rings. The Morgan fingerprint density at radius 1 is 1.13 bits per heavy atom. The van der Waals surface area contributed by atoms with E-state index in [4.69, 9.17) is 0 Å². The Hall–Kier alpha value is -1.71. The Bertz CT molecular complexity index is 450. The van der Waals surface area contributed by atoms with E-state index >= 15 is 0 Å². The predicted molar refractivity (Wildman–Crippen MR) is 57.8 cm³/mol. The van der Waals surface area contributed by atoms with E-state index in [0.717, 1.165) is 0 Å². The molecule has 0 saturated carbocycles. The second kappa shape index (κ2) is 3.81. The molecule has 1 N–H and O–H groups in total. The van der Waals surface area contributed by atoms with E-state index in [0.29, 0.717) is 16.7 Å². The summed E-state index contributed by atoms with van der Waals surface area (Å²) in [4.78, 5) is 22.0. The van der Waals surface area contributed by atoms with E-state index in [2.05, 4.69) is 5.18 Å². The van der Waals surface area contributed by atoms with Crippen molar-refractivity contribution in [2.45, 2.75) is 27.7 Å². The average molecular weight is 207 g/mol. The Morgan fingerprint density at radius 3 is 2.07 bits per heavy atom. The lowest BCUT2D eigenvalue weighted by atomic mass is 9.94. The van der Waals surface area contributed by atoms with Crippen LogP contribution < -0.4 is 0 Å². The van der Waals surface area contributed by atoms with Crippen molar-refractivity contribution in [1.29, 1.82) is 0 Å². The maximum Gasteiger partial charge on any atom is 0.163 e. The number of rotatable bonds is 2. The molecule has 0 aliphatic heterocycles. The predicted octanol–water partition coefficient (Wildman–Crippen LogP) is 2.92. The van der Waals surface area contributed by atoms with Crippen molar-refractivity contribution in [2.24, 2.45) is 5.18 Å². The molecule has 0 aliphatic carbocycles. The lowest BCUT2D eigenvalue weighted by Gasteiger charge is -2.13. The second-order valence-corrected chi connectivity index (χ2v) is 3.59. The first-order chi connectivity index (χ1) is 6.91. The molecule has 4 heteroatoms. The van der Waals surface area contributed by atoms with Crippen LogP contribution in [0.1, 0.15) is 34.0 Å². The van der Waals surface area contributed by atoms with E-state index in [1.54, 1.807) is 20.8 Å². The Labute approximate surface area is 87.9 Å². The molecule has 0 spiro atoms. The van der Waals surface area contributed by atoms with Gasteiger partial charge in [0, 0.05) is 0 Å². The largest absolute Gasteiger partial charge is 0.507 e. The molecule has 0 fully saturated rings. The van der Waals surface area contributed by atoms with Crippen LogP contribution in [0.3, 0.4) is 0 Å². The fourth-order valence-corrected chi connectivity index (χ4v) is 1.69. The number of nitroso groups, excluding NO2 is 1. The first kappa shape index (κ1) is 11.4. The Balaban J connectivity index is 3.75. The molecule has 1 aromatic carbocycles. The molecule has 0 saturated heterocycles. The van der Waals surface area contributed by atoms with Gasteiger partial charge in [-0.1, -0.05) is 0 Å². The van der Waals surface area contributed by atoms with Gasteiger partial charge in [-0.15, -0.1) is 4.91 Å². The van der Waals surface area contributed by atoms with Crippen molar-refractivity contribution in [2.75, 3.05) is 0 Å². The molecular weight excluding hydrogens is 194 g/mol. The highest BCUT2D eigenvalue weighted by atomic mass is 16.3. The topological polar surface area (TPSA) is 66.7 Å². The first-order valence-electron chi connectivity index (χ1n) is 4.58. The van der Waals surface area contributed by atoms with Crippen molar-refractivity contribution in [3.8, 4) is 5.75 Å². The zero-order valence-electron chi connectivity index (χ0n) is 9.21. The molecule has 0 aliphatic rings. The van der Waals surface area contributed by atoms with Crippen molar-refractivity contribution in [3.05, 3.63) is 27.2 Å². The highest BCUT2D eigenvalue weighted by Gasteiger charge is 2.19. The molecule has 0 unspecified atom stereocenters. The van der Waals surface area contributed by atoms with Crippen molar-refractivity contribution in [1.82, 2.24) is 0 Å². The number of Topliss-reactive ketones (excluding diaryl/α,β-unsaturated/α-hetero) is 1. The summed E-state index contributed by atoms with van der Waals surface area (Å²) in [6.45, 7) is 6.32. The van der Waals surface area contributed by atoms with Crippen LogP contribution >= 0.6 is 0 Å². The van der Waals surface area contributed by atoms with Crippen molar-refractivity contribution >= 4 is 11.5 Å². The summed E-state index contributed by atoms with van der Waals surface area (Å²) in [5.74, 6) is -0.317. The maximum atomic E-state index is 11.3. The van der Waals surface area contributed by atoms with Crippen LogP contribution in [0.25, 0.3) is 0 Å². The lowest BCUT2D eigenvalue weighted by molar-refractivity contribution is 0.101. The molecule has 80 valence electrons. The minimum atomic E-state index is -0.266. The van der Waals surface area contributed by atoms with Crippen LogP contribution in [0.2, 0.25) is 0 Å². The van der Waals surface area contributed by atoms with Gasteiger partial charge in [-0.25, -0.2) is 0 Å². The van der Waals surface area contributed by atoms with E-state index < -0.39 is 0 Å². The second-order valence-electron chi connectivity index (χ2n) is 3.59. The zero-order chi connectivity index (χ0) is 11.7. The number of benzene rings is 1. The van der Waals surface area contributed by atoms with Gasteiger partial charge >= 0.3 is 0 Å². The van der Waals surface area contributed by atoms with Gasteiger partial charge in [0.25, 0.3) is 0 Å². The number of hydrogen-bond acceptors (Lipinski definition) is 4. The molecule has 0 aromatic heterocycles. The summed E-state index contributed by atoms with van der Waals surface area (Å²) < 4.78 is 0. The third-order valence-corrected chi connectivity index (χ3v) is 2.68. The summed E-state index contributed by atoms with van der Waals surface area (Å²) in [6.07, 6.45) is 0. The molecule has 0 radical (unpaired) electrons. The summed E-state index contributed by atoms with van der Waals surface area (Å²) in [7, 11) is 0. The minimum absolute atomic E-state index is 0.0510. The molecule has 0 bridgehead atoms. The van der Waals surface area contributed by atoms with Gasteiger partial charge in [0.15, 0.2) is 5.78 Å². The highest BCUT2D eigenvalue weighted by Crippen LogP contribution is 2.36. The number of phenolic OH excluding ortho intramolecular Hbond substituents is 1. The fourth-order valence-electron chi connectivity index (χ4n) is 1.69. The van der Waals surface area contributed by atoms with Crippen LogP contribution in [0.4, 0.5) is 5.69 Å². The van der Waals surface area contributed by atoms with Gasteiger partial charge in [0.05, 0.1) is 5.56 Å². The number of aromatic hydroxyl groups is 1. The summed E-state index contributed by atoms with van der Waals surface area (Å²) in [5, 5.41) is 12.7. The summed E-state index contributed by atoms with van der Waals surface area (Å²) in [5.41, 5.74) is 2.02. The number of carbonyl (C=O) groups excluding carboxylic acids is 1. The summed E-state index contributed by atoms with van der Waals surface area (Å²) >= 11 is 0. The summed E-state index contributed by atoms with van der Waals surface area (Å²) in [6, 6.07) is 0.